The summed E-state index contributed by atoms with van der Waals surface area (Å²) in [7, 11) is 0. The lowest BCUT2D eigenvalue weighted by Crippen LogP contribution is -2.26. The van der Waals surface area contributed by atoms with Crippen molar-refractivity contribution in [2.24, 2.45) is 5.73 Å². The first kappa shape index (κ1) is 1.06. The summed E-state index contributed by atoms with van der Waals surface area (Å²) in [5.41, 5.74) is 1.85. The van der Waals surface area contributed by atoms with Crippen molar-refractivity contribution in [1.29, 1.82) is 0 Å². The Balaban J connectivity index is 0. The molecule has 2 heteroatoms. The molecule has 0 radical (unpaired) electrons. The Kier molecular flexibility index (Phi) is 0.455. The van der Waals surface area contributed by atoms with E-state index >= 15 is 0 Å². The molecule has 0 bridgehead atoms. The van der Waals surface area contributed by atoms with E-state index in [9.17, 15) is 0 Å². The van der Waals surface area contributed by atoms with Crippen LogP contribution >= 0.6 is 17.0 Å². The van der Waals surface area contributed by atoms with Gasteiger partial charge in [0.05, 0.1) is 0 Å². The summed E-state index contributed by atoms with van der Waals surface area (Å²) in [5, 5.41) is 0. The van der Waals surface area contributed by atoms with E-state index in [1.165, 1.54) is 0 Å². The van der Waals surface area contributed by atoms with Gasteiger partial charge in [-0.25, -0.2) is 0 Å². The Morgan fingerprint density at radius 1 is 1.50 bits per heavy atom. The molecule has 0 heterocycles. The highest BCUT2D eigenvalue weighted by molar-refractivity contribution is 8.93. The number of hydrogen-bond donors (Lipinski definition) is 1. The van der Waals surface area contributed by atoms with E-state index < -0.39 is 26.1 Å². The minimum absolute atomic E-state index is 0. The molecule has 0 amide bonds. The number of nitrogens with two attached hydrogens (primary N) is 1. The molecular weight excluding hydrogens is 142 g/mol. The quantitative estimate of drug-likeness (QED) is 0.572. The van der Waals surface area contributed by atoms with E-state index in [1.54, 1.807) is 0 Å². The Bertz CT molecular complexity index is 176. The molecular formula is C4H12BrN. The van der Waals surface area contributed by atoms with Gasteiger partial charge in [-0.3, -0.25) is 0 Å². The second-order valence-corrected chi connectivity index (χ2v) is 0.808. The van der Waals surface area contributed by atoms with Gasteiger partial charge >= 0.3 is 0 Å². The molecule has 0 spiro atoms. The van der Waals surface area contributed by atoms with Gasteiger partial charge in [-0.15, -0.1) is 17.0 Å². The van der Waals surface area contributed by atoms with E-state index in [2.05, 4.69) is 0 Å². The predicted octanol–water partition coefficient (Wildman–Crippen LogP) is 1.32. The molecule has 0 aliphatic heterocycles. The van der Waals surface area contributed by atoms with Crippen molar-refractivity contribution in [3.63, 3.8) is 0 Å². The zero-order chi connectivity index (χ0) is 12.0. The van der Waals surface area contributed by atoms with Crippen LogP contribution in [-0.4, -0.2) is 5.54 Å². The molecule has 0 saturated heterocycles. The second kappa shape index (κ2) is 2.59. The van der Waals surface area contributed by atoms with Crippen LogP contribution in [0.2, 0.25) is 0 Å². The predicted molar refractivity (Wildman–Crippen MR) is 34.3 cm³/mol. The summed E-state index contributed by atoms with van der Waals surface area (Å²) in [5.74, 6) is 0. The van der Waals surface area contributed by atoms with Crippen LogP contribution in [-0.2, 0) is 0 Å². The van der Waals surface area contributed by atoms with Crippen LogP contribution < -0.4 is 5.73 Å². The van der Waals surface area contributed by atoms with Gasteiger partial charge in [0.2, 0.25) is 0 Å². The third kappa shape index (κ3) is 271. The van der Waals surface area contributed by atoms with E-state index in [-0.39, 0.29) is 17.0 Å². The van der Waals surface area contributed by atoms with Gasteiger partial charge in [0.25, 0.3) is 0 Å². The molecule has 0 aromatic rings. The lowest BCUT2D eigenvalue weighted by molar-refractivity contribution is 0.580. The van der Waals surface area contributed by atoms with Crippen molar-refractivity contribution in [3.8, 4) is 0 Å². The highest BCUT2D eigenvalue weighted by atomic mass is 79.9. The molecule has 0 aliphatic carbocycles. The summed E-state index contributed by atoms with van der Waals surface area (Å²) in [6.45, 7) is -9.82. The molecule has 0 aromatic heterocycles. The zero-order valence-electron chi connectivity index (χ0n) is 12.0. The van der Waals surface area contributed by atoms with Crippen LogP contribution in [0.15, 0.2) is 0 Å². The SMILES string of the molecule is Br.[2H]C([2H])([2H])C(N)(C([2H])([2H])[2H])C([2H])([2H])[2H]. The van der Waals surface area contributed by atoms with Crippen LogP contribution in [0.4, 0.5) is 0 Å². The van der Waals surface area contributed by atoms with Crippen molar-refractivity contribution >= 4 is 17.0 Å². The van der Waals surface area contributed by atoms with E-state index in [4.69, 9.17) is 18.1 Å². The van der Waals surface area contributed by atoms with E-state index in [0.29, 0.717) is 0 Å². The minimum atomic E-state index is -3.27. The Morgan fingerprint density at radius 3 is 1.83 bits per heavy atom. The Morgan fingerprint density at radius 2 is 1.83 bits per heavy atom. The van der Waals surface area contributed by atoms with E-state index in [1.807, 2.05) is 0 Å². The lowest BCUT2D eigenvalue weighted by atomic mass is 10.1. The molecule has 40 valence electrons. The van der Waals surface area contributed by atoms with Crippen LogP contribution in [0.1, 0.15) is 32.9 Å². The van der Waals surface area contributed by atoms with Crippen molar-refractivity contribution < 1.29 is 12.3 Å². The second-order valence-electron chi connectivity index (χ2n) is 0.808. The van der Waals surface area contributed by atoms with Gasteiger partial charge in [0, 0.05) is 17.9 Å². The maximum absolute atomic E-state index is 6.89. The molecule has 0 rings (SSSR count). The third-order valence-corrected chi connectivity index (χ3v) is 0. The Labute approximate surface area is 62.3 Å². The highest BCUT2D eigenvalue weighted by Crippen LogP contribution is 1.88. The number of hydrogen-bond acceptors (Lipinski definition) is 1. The van der Waals surface area contributed by atoms with Gasteiger partial charge in [0.1, 0.15) is 0 Å². The number of rotatable bonds is 0. The monoisotopic (exact) mass is 162 g/mol. The topological polar surface area (TPSA) is 26.0 Å². The number of halogens is 1. The van der Waals surface area contributed by atoms with Crippen LogP contribution in [0, 0.1) is 0 Å². The average molecular weight is 163 g/mol. The summed E-state index contributed by atoms with van der Waals surface area (Å²) >= 11 is 0. The fourth-order valence-corrected chi connectivity index (χ4v) is 0. The maximum atomic E-state index is 6.89. The van der Waals surface area contributed by atoms with Gasteiger partial charge in [0.15, 0.2) is 0 Å². The van der Waals surface area contributed by atoms with Crippen molar-refractivity contribution in [3.05, 3.63) is 0 Å². The molecule has 0 fully saturated rings. The summed E-state index contributed by atoms with van der Waals surface area (Å²) in [6.07, 6.45) is 0. The molecule has 0 aromatic carbocycles. The summed E-state index contributed by atoms with van der Waals surface area (Å²) in [4.78, 5) is 0. The van der Waals surface area contributed by atoms with Gasteiger partial charge in [-0.2, -0.15) is 0 Å². The van der Waals surface area contributed by atoms with Crippen LogP contribution in [0.25, 0.3) is 0 Å². The van der Waals surface area contributed by atoms with Crippen LogP contribution in [0.5, 0.6) is 0 Å². The molecule has 0 atom stereocenters. The van der Waals surface area contributed by atoms with Crippen molar-refractivity contribution in [1.82, 2.24) is 0 Å². The fourth-order valence-electron chi connectivity index (χ4n) is 0. The first-order valence-electron chi connectivity index (χ1n) is 5.54. The minimum Gasteiger partial charge on any atom is -0.326 e. The largest absolute Gasteiger partial charge is 0.326 e. The van der Waals surface area contributed by atoms with Crippen molar-refractivity contribution in [2.75, 3.05) is 0 Å². The molecule has 0 unspecified atom stereocenters. The average Bonchev–Trinajstić information content (AvgIpc) is 1.77. The normalized spacial score (nSPS) is 38.5. The third-order valence-electron chi connectivity index (χ3n) is 0. The van der Waals surface area contributed by atoms with E-state index in [0.717, 1.165) is 0 Å². The first-order valence-corrected chi connectivity index (χ1v) is 1.04. The lowest BCUT2D eigenvalue weighted by Gasteiger charge is -2.06. The fraction of sp³-hybridized carbons (Fsp3) is 1.00. The highest BCUT2D eigenvalue weighted by Gasteiger charge is 1.95. The maximum Gasteiger partial charge on any atom is 0.0249 e. The van der Waals surface area contributed by atoms with Gasteiger partial charge < -0.3 is 5.73 Å². The molecule has 0 aliphatic rings. The molecule has 2 N–H and O–H groups in total. The smallest absolute Gasteiger partial charge is 0.0249 e. The summed E-state index contributed by atoms with van der Waals surface area (Å²) < 4.78 is 62.0. The van der Waals surface area contributed by atoms with Crippen LogP contribution in [0.3, 0.4) is 0 Å². The molecule has 0 saturated carbocycles. The molecule has 6 heavy (non-hydrogen) atoms. The first-order chi connectivity index (χ1) is 5.75. The van der Waals surface area contributed by atoms with Gasteiger partial charge in [-0.05, 0) is 20.6 Å². The summed E-state index contributed by atoms with van der Waals surface area (Å²) in [6, 6.07) is 0. The van der Waals surface area contributed by atoms with Gasteiger partial charge in [-0.1, -0.05) is 0 Å². The Hall–Kier alpha value is 0.440. The zero-order valence-corrected chi connectivity index (χ0v) is 4.70. The molecule has 1 nitrogen and oxygen atoms in total. The standard InChI is InChI=1S/C4H11N.BrH/c1-4(2,3)5;/h5H2,1-3H3;1H/i1D3,2D3,3D3;. The van der Waals surface area contributed by atoms with Crippen molar-refractivity contribution in [2.45, 2.75) is 26.1 Å².